The average Bonchev–Trinajstić information content (AvgIpc) is 2.76. The Morgan fingerprint density at radius 2 is 1.75 bits per heavy atom. The molecule has 1 aromatic rings. The Labute approximate surface area is 119 Å². The van der Waals surface area contributed by atoms with Crippen molar-refractivity contribution >= 4 is 5.69 Å². The quantitative estimate of drug-likeness (QED) is 0.860. The smallest absolute Gasteiger partial charge is 0.0645 e. The number of fused-ring (bicyclic) bond motifs is 1. The van der Waals surface area contributed by atoms with Crippen LogP contribution in [0.3, 0.4) is 0 Å². The van der Waals surface area contributed by atoms with E-state index in [1.165, 1.54) is 16.8 Å². The average molecular weight is 274 g/mol. The highest BCUT2D eigenvalue weighted by atomic mass is 16.5. The predicted octanol–water partition coefficient (Wildman–Crippen LogP) is 0.667. The Bertz CT molecular complexity index is 493. The summed E-state index contributed by atoms with van der Waals surface area (Å²) < 4.78 is 5.28. The van der Waals surface area contributed by atoms with Crippen molar-refractivity contribution in [2.24, 2.45) is 0 Å². The molecule has 0 aromatic heterocycles. The topological polar surface area (TPSA) is 35.9 Å². The van der Waals surface area contributed by atoms with E-state index >= 15 is 0 Å². The van der Waals surface area contributed by atoms with Gasteiger partial charge in [-0.05, 0) is 36.1 Å². The summed E-state index contributed by atoms with van der Waals surface area (Å²) >= 11 is 0. The number of nitrogens with zero attached hydrogens (tertiary/aromatic N) is 2. The molecule has 0 spiro atoms. The van der Waals surface area contributed by atoms with Crippen LogP contribution >= 0.6 is 0 Å². The molecular weight excluding hydrogens is 252 g/mol. The largest absolute Gasteiger partial charge is 0.392 e. The van der Waals surface area contributed by atoms with Gasteiger partial charge in [-0.3, -0.25) is 4.90 Å². The van der Waals surface area contributed by atoms with E-state index in [0.29, 0.717) is 6.04 Å². The number of benzene rings is 1. The molecule has 0 bridgehead atoms. The maximum absolute atomic E-state index is 9.75. The Hall–Kier alpha value is -1.10. The minimum atomic E-state index is -0.171. The van der Waals surface area contributed by atoms with Gasteiger partial charge in [0.2, 0.25) is 0 Å². The van der Waals surface area contributed by atoms with Gasteiger partial charge in [-0.2, -0.15) is 0 Å². The van der Waals surface area contributed by atoms with Crippen LogP contribution in [0.25, 0.3) is 0 Å². The first-order valence-corrected chi connectivity index (χ1v) is 7.66. The molecule has 2 heterocycles. The molecule has 1 N–H and O–H groups in total. The van der Waals surface area contributed by atoms with Gasteiger partial charge in [-0.1, -0.05) is 6.07 Å². The van der Waals surface area contributed by atoms with Crippen LogP contribution in [0.15, 0.2) is 18.2 Å². The summed E-state index contributed by atoms with van der Waals surface area (Å²) in [5.74, 6) is 0. The monoisotopic (exact) mass is 274 g/mol. The minimum Gasteiger partial charge on any atom is -0.392 e. The third-order valence-electron chi connectivity index (χ3n) is 4.92. The molecule has 0 radical (unpaired) electrons. The van der Waals surface area contributed by atoms with Crippen molar-refractivity contribution in [3.05, 3.63) is 29.3 Å². The van der Waals surface area contributed by atoms with Gasteiger partial charge in [0.25, 0.3) is 0 Å². The first-order chi connectivity index (χ1) is 9.79. The molecule has 0 amide bonds. The molecule has 2 aliphatic heterocycles. The van der Waals surface area contributed by atoms with Crippen molar-refractivity contribution in [1.29, 1.82) is 0 Å². The lowest BCUT2D eigenvalue weighted by molar-refractivity contribution is -0.0660. The normalized spacial score (nSPS) is 27.4. The van der Waals surface area contributed by atoms with Gasteiger partial charge in [-0.25, -0.2) is 0 Å². The Morgan fingerprint density at radius 1 is 1.00 bits per heavy atom. The lowest BCUT2D eigenvalue weighted by Crippen LogP contribution is -2.56. The SMILES string of the molecule is OC1Cc2ccc(N3CCN(C4COC4)CC3)cc2C1. The first kappa shape index (κ1) is 12.6. The predicted molar refractivity (Wildman–Crippen MR) is 78.2 cm³/mol. The fourth-order valence-electron chi connectivity index (χ4n) is 3.56. The van der Waals surface area contributed by atoms with E-state index in [1.807, 2.05) is 0 Å². The lowest BCUT2D eigenvalue weighted by atomic mass is 10.1. The standard InChI is InChI=1S/C16H22N2O2/c19-16-8-12-1-2-14(7-13(12)9-16)17-3-5-18(6-4-17)15-10-20-11-15/h1-2,7,15-16,19H,3-6,8-11H2. The van der Waals surface area contributed by atoms with Crippen molar-refractivity contribution in [2.75, 3.05) is 44.3 Å². The number of aliphatic hydroxyl groups excluding tert-OH is 1. The van der Waals surface area contributed by atoms with Crippen molar-refractivity contribution in [3.63, 3.8) is 0 Å². The van der Waals surface area contributed by atoms with Crippen LogP contribution in [0.2, 0.25) is 0 Å². The molecule has 1 unspecified atom stereocenters. The van der Waals surface area contributed by atoms with Gasteiger partial charge < -0.3 is 14.7 Å². The molecule has 0 saturated carbocycles. The molecule has 2 fully saturated rings. The maximum Gasteiger partial charge on any atom is 0.0645 e. The van der Waals surface area contributed by atoms with Gasteiger partial charge in [-0.15, -0.1) is 0 Å². The minimum absolute atomic E-state index is 0.171. The number of piperazine rings is 1. The molecule has 2 saturated heterocycles. The fourth-order valence-corrected chi connectivity index (χ4v) is 3.56. The van der Waals surface area contributed by atoms with Crippen molar-refractivity contribution in [1.82, 2.24) is 4.90 Å². The second-order valence-corrected chi connectivity index (χ2v) is 6.23. The number of rotatable bonds is 2. The van der Waals surface area contributed by atoms with Gasteiger partial charge in [0.1, 0.15) is 0 Å². The number of ether oxygens (including phenoxy) is 1. The van der Waals surface area contributed by atoms with Crippen LogP contribution in [0.1, 0.15) is 11.1 Å². The molecule has 1 aliphatic carbocycles. The molecule has 1 aromatic carbocycles. The summed E-state index contributed by atoms with van der Waals surface area (Å²) in [6.45, 7) is 6.28. The first-order valence-electron chi connectivity index (χ1n) is 7.66. The van der Waals surface area contributed by atoms with Crippen molar-refractivity contribution in [2.45, 2.75) is 25.0 Å². The van der Waals surface area contributed by atoms with Crippen LogP contribution in [0, 0.1) is 0 Å². The summed E-state index contributed by atoms with van der Waals surface area (Å²) in [5, 5.41) is 9.75. The summed E-state index contributed by atoms with van der Waals surface area (Å²) in [7, 11) is 0. The Morgan fingerprint density at radius 3 is 2.45 bits per heavy atom. The molecule has 3 aliphatic rings. The van der Waals surface area contributed by atoms with E-state index in [2.05, 4.69) is 28.0 Å². The van der Waals surface area contributed by atoms with E-state index in [-0.39, 0.29) is 6.10 Å². The van der Waals surface area contributed by atoms with E-state index in [4.69, 9.17) is 4.74 Å². The van der Waals surface area contributed by atoms with E-state index in [9.17, 15) is 5.11 Å². The van der Waals surface area contributed by atoms with Crippen LogP contribution < -0.4 is 4.90 Å². The number of anilines is 1. The highest BCUT2D eigenvalue weighted by molar-refractivity contribution is 5.53. The van der Waals surface area contributed by atoms with Gasteiger partial charge >= 0.3 is 0 Å². The van der Waals surface area contributed by atoms with Crippen molar-refractivity contribution < 1.29 is 9.84 Å². The summed E-state index contributed by atoms with van der Waals surface area (Å²) in [6, 6.07) is 7.37. The summed E-state index contributed by atoms with van der Waals surface area (Å²) in [4.78, 5) is 5.03. The van der Waals surface area contributed by atoms with Crippen LogP contribution in [-0.2, 0) is 17.6 Å². The third kappa shape index (κ3) is 2.22. The third-order valence-corrected chi connectivity index (χ3v) is 4.92. The molecule has 1 atom stereocenters. The molecule has 4 rings (SSSR count). The van der Waals surface area contributed by atoms with E-state index in [1.54, 1.807) is 0 Å². The van der Waals surface area contributed by atoms with E-state index < -0.39 is 0 Å². The maximum atomic E-state index is 9.75. The molecule has 20 heavy (non-hydrogen) atoms. The zero-order chi connectivity index (χ0) is 13.5. The molecule has 4 heteroatoms. The highest BCUT2D eigenvalue weighted by Gasteiger charge is 2.29. The van der Waals surface area contributed by atoms with Gasteiger partial charge in [0.15, 0.2) is 0 Å². The second kappa shape index (κ2) is 5.02. The van der Waals surface area contributed by atoms with Crippen LogP contribution in [0.4, 0.5) is 5.69 Å². The number of hydrogen-bond donors (Lipinski definition) is 1. The van der Waals surface area contributed by atoms with Crippen LogP contribution in [0.5, 0.6) is 0 Å². The number of aliphatic hydroxyl groups is 1. The molecule has 4 nitrogen and oxygen atoms in total. The fraction of sp³-hybridized carbons (Fsp3) is 0.625. The zero-order valence-electron chi connectivity index (χ0n) is 11.8. The molecule has 108 valence electrons. The number of hydrogen-bond acceptors (Lipinski definition) is 4. The van der Waals surface area contributed by atoms with Crippen LogP contribution in [-0.4, -0.2) is 61.5 Å². The molecular formula is C16H22N2O2. The van der Waals surface area contributed by atoms with Crippen molar-refractivity contribution in [3.8, 4) is 0 Å². The summed E-state index contributed by atoms with van der Waals surface area (Å²) in [6.07, 6.45) is 1.48. The summed E-state index contributed by atoms with van der Waals surface area (Å²) in [5.41, 5.74) is 3.98. The zero-order valence-corrected chi connectivity index (χ0v) is 11.8. The second-order valence-electron chi connectivity index (χ2n) is 6.23. The van der Waals surface area contributed by atoms with Gasteiger partial charge in [0, 0.05) is 31.9 Å². The van der Waals surface area contributed by atoms with Gasteiger partial charge in [0.05, 0.1) is 25.4 Å². The Kier molecular flexibility index (Phi) is 3.17. The van der Waals surface area contributed by atoms with E-state index in [0.717, 1.165) is 52.2 Å². The highest BCUT2D eigenvalue weighted by Crippen LogP contribution is 2.28. The Balaban J connectivity index is 1.43. The lowest BCUT2D eigenvalue weighted by Gasteiger charge is -2.43.